The van der Waals surface area contributed by atoms with Gasteiger partial charge in [0, 0.05) is 30.5 Å². The lowest BCUT2D eigenvalue weighted by Crippen LogP contribution is -2.29. The zero-order valence-electron chi connectivity index (χ0n) is 19.2. The van der Waals surface area contributed by atoms with Gasteiger partial charge in [0.2, 0.25) is 11.8 Å². The fourth-order valence-corrected chi connectivity index (χ4v) is 4.36. The van der Waals surface area contributed by atoms with E-state index in [2.05, 4.69) is 59.5 Å². The van der Waals surface area contributed by atoms with Gasteiger partial charge < -0.3 is 20.3 Å². The van der Waals surface area contributed by atoms with Crippen LogP contribution in [0.4, 0.5) is 11.6 Å². The fourth-order valence-electron chi connectivity index (χ4n) is 4.36. The average molecular weight is 474 g/mol. The van der Waals surface area contributed by atoms with Gasteiger partial charge in [-0.1, -0.05) is 12.1 Å². The molecular weight excluding hydrogens is 446 g/mol. The van der Waals surface area contributed by atoms with Crippen LogP contribution in [-0.2, 0) is 6.54 Å². The van der Waals surface area contributed by atoms with E-state index in [0.717, 1.165) is 31.5 Å². The van der Waals surface area contributed by atoms with E-state index in [1.807, 2.05) is 0 Å². The third-order valence-corrected chi connectivity index (χ3v) is 6.34. The number of aromatic nitrogens is 6. The van der Waals surface area contributed by atoms with Crippen LogP contribution in [0.1, 0.15) is 43.4 Å². The molecule has 0 radical (unpaired) electrons. The molecule has 1 saturated heterocycles. The minimum atomic E-state index is -0.488. The summed E-state index contributed by atoms with van der Waals surface area (Å²) in [6.07, 6.45) is 9.10. The molecule has 11 heteroatoms. The van der Waals surface area contributed by atoms with Crippen LogP contribution < -0.4 is 26.7 Å². The van der Waals surface area contributed by atoms with Gasteiger partial charge in [-0.2, -0.15) is 19.6 Å². The minimum absolute atomic E-state index is 0.238. The summed E-state index contributed by atoms with van der Waals surface area (Å²) < 4.78 is 1.59. The normalized spacial score (nSPS) is 17.4. The van der Waals surface area contributed by atoms with Gasteiger partial charge >= 0.3 is 5.69 Å². The van der Waals surface area contributed by atoms with Gasteiger partial charge in [-0.05, 0) is 55.9 Å². The van der Waals surface area contributed by atoms with Gasteiger partial charge in [0.25, 0.3) is 5.62 Å². The number of nitrogens with one attached hydrogen (secondary N) is 3. The highest BCUT2D eigenvalue weighted by atomic mass is 16.3. The van der Waals surface area contributed by atoms with E-state index in [1.54, 1.807) is 16.8 Å². The summed E-state index contributed by atoms with van der Waals surface area (Å²) in [7, 11) is 0. The number of nitrogens with zero attached hydrogens (tertiary/aromatic N) is 6. The van der Waals surface area contributed by atoms with Crippen molar-refractivity contribution < 1.29 is 5.11 Å². The first kappa shape index (κ1) is 21.4. The Balaban J connectivity index is 1.33. The second-order valence-corrected chi connectivity index (χ2v) is 9.10. The lowest BCUT2D eigenvalue weighted by atomic mass is 10.1. The van der Waals surface area contributed by atoms with Crippen molar-refractivity contribution in [2.45, 2.75) is 44.7 Å². The van der Waals surface area contributed by atoms with E-state index in [1.165, 1.54) is 24.9 Å². The highest BCUT2D eigenvalue weighted by Crippen LogP contribution is 2.23. The molecule has 2 fully saturated rings. The molecule has 11 nitrogen and oxygen atoms in total. The number of piperidine rings is 1. The van der Waals surface area contributed by atoms with Gasteiger partial charge in [0.15, 0.2) is 5.65 Å². The van der Waals surface area contributed by atoms with Crippen molar-refractivity contribution in [3.05, 3.63) is 63.0 Å². The van der Waals surface area contributed by atoms with Crippen LogP contribution in [0.15, 0.2) is 40.2 Å². The van der Waals surface area contributed by atoms with Crippen molar-refractivity contribution in [3.63, 3.8) is 0 Å². The molecule has 0 bridgehead atoms. The maximum absolute atomic E-state index is 11.5. The molecule has 2 aliphatic rings. The zero-order valence-corrected chi connectivity index (χ0v) is 19.2. The maximum atomic E-state index is 11.5. The summed E-state index contributed by atoms with van der Waals surface area (Å²) in [5.41, 5.74) is 3.18. The van der Waals surface area contributed by atoms with Gasteiger partial charge in [-0.3, -0.25) is 4.98 Å². The summed E-state index contributed by atoms with van der Waals surface area (Å²) in [4.78, 5) is 32.8. The Morgan fingerprint density at radius 3 is 2.80 bits per heavy atom. The van der Waals surface area contributed by atoms with Crippen LogP contribution in [0.25, 0.3) is 11.7 Å². The maximum Gasteiger partial charge on any atom is 0.326 e. The molecule has 4 N–H and O–H groups in total. The second-order valence-electron chi connectivity index (χ2n) is 9.10. The second kappa shape index (κ2) is 8.90. The van der Waals surface area contributed by atoms with Gasteiger partial charge in [0.05, 0.1) is 12.2 Å². The van der Waals surface area contributed by atoms with Crippen LogP contribution in [0.5, 0.6) is 5.88 Å². The average Bonchev–Trinajstić information content (AvgIpc) is 3.51. The third-order valence-electron chi connectivity index (χ3n) is 6.34. The van der Waals surface area contributed by atoms with Crippen molar-refractivity contribution in [2.75, 3.05) is 23.3 Å². The summed E-state index contributed by atoms with van der Waals surface area (Å²) >= 11 is 0. The first-order valence-corrected chi connectivity index (χ1v) is 12.0. The molecule has 4 aromatic rings. The Kier molecular flexibility index (Phi) is 5.44. The van der Waals surface area contributed by atoms with Crippen molar-refractivity contribution in [3.8, 4) is 5.88 Å². The topological polar surface area (TPSA) is 140 Å². The SMILES string of the molecule is O=c1[nH]c(O)c(C=c2cnn3c(=NC4CC4)nc(NCc4cccc(N5CCCCC5)c4)nc23)[nH]1. The number of hydrogen-bond donors (Lipinski definition) is 4. The molecule has 6 rings (SSSR count). The zero-order chi connectivity index (χ0) is 23.8. The van der Waals surface area contributed by atoms with E-state index in [4.69, 9.17) is 4.99 Å². The first-order chi connectivity index (χ1) is 17.1. The van der Waals surface area contributed by atoms with Crippen molar-refractivity contribution >= 4 is 23.4 Å². The number of benzene rings is 1. The van der Waals surface area contributed by atoms with E-state index in [-0.39, 0.29) is 17.6 Å². The number of hydrogen-bond acceptors (Lipinski definition) is 8. The Bertz CT molecular complexity index is 1540. The molecular formula is C24H27N9O2. The predicted molar refractivity (Wildman–Crippen MR) is 131 cm³/mol. The third kappa shape index (κ3) is 4.61. The molecule has 0 spiro atoms. The van der Waals surface area contributed by atoms with Crippen molar-refractivity contribution in [1.82, 2.24) is 29.5 Å². The molecule has 1 aliphatic heterocycles. The molecule has 0 atom stereocenters. The van der Waals surface area contributed by atoms with Crippen LogP contribution in [0.3, 0.4) is 0 Å². The monoisotopic (exact) mass is 473 g/mol. The smallest absolute Gasteiger partial charge is 0.326 e. The van der Waals surface area contributed by atoms with Gasteiger partial charge in [0.1, 0.15) is 5.69 Å². The predicted octanol–water partition coefficient (Wildman–Crippen LogP) is 1.06. The molecule has 0 unspecified atom stereocenters. The van der Waals surface area contributed by atoms with E-state index in [0.29, 0.717) is 29.0 Å². The largest absolute Gasteiger partial charge is 0.493 e. The van der Waals surface area contributed by atoms with E-state index >= 15 is 0 Å². The van der Waals surface area contributed by atoms with Gasteiger partial charge in [-0.25, -0.2) is 9.79 Å². The lowest BCUT2D eigenvalue weighted by Gasteiger charge is -2.29. The number of rotatable bonds is 6. The van der Waals surface area contributed by atoms with Crippen LogP contribution >= 0.6 is 0 Å². The van der Waals surface area contributed by atoms with Crippen LogP contribution in [0, 0.1) is 0 Å². The molecule has 1 aliphatic carbocycles. The number of fused-ring (bicyclic) bond motifs is 1. The highest BCUT2D eigenvalue weighted by molar-refractivity contribution is 5.57. The summed E-state index contributed by atoms with van der Waals surface area (Å²) in [6.45, 7) is 2.77. The molecule has 0 amide bonds. The van der Waals surface area contributed by atoms with E-state index in [9.17, 15) is 9.90 Å². The number of aromatic amines is 2. The lowest BCUT2D eigenvalue weighted by molar-refractivity contribution is 0.454. The quantitative estimate of drug-likeness (QED) is 0.328. The highest BCUT2D eigenvalue weighted by Gasteiger charge is 2.21. The Morgan fingerprint density at radius 2 is 2.03 bits per heavy atom. The molecule has 180 valence electrons. The van der Waals surface area contributed by atoms with Crippen molar-refractivity contribution in [1.29, 1.82) is 0 Å². The Labute approximate surface area is 200 Å². The standard InChI is InChI=1S/C24H27N9O2/c34-21-19(28-24(35)30-21)12-16-14-26-33-20(16)29-22(31-23(33)27-17-7-8-17)25-13-15-5-4-6-18(11-15)32-9-2-1-3-10-32/h4-6,11-12,14,17,34H,1-3,7-10,13H2,(H,25,27,31)(H2,28,30,35). The summed E-state index contributed by atoms with van der Waals surface area (Å²) in [5.74, 6) is 0.209. The number of imidazole rings is 1. The molecule has 1 saturated carbocycles. The minimum Gasteiger partial charge on any atom is -0.493 e. The molecule has 1 aromatic carbocycles. The molecule has 3 aromatic heterocycles. The van der Waals surface area contributed by atoms with E-state index < -0.39 is 5.69 Å². The molecule has 35 heavy (non-hydrogen) atoms. The molecule has 4 heterocycles. The fraction of sp³-hybridized carbons (Fsp3) is 0.375. The first-order valence-electron chi connectivity index (χ1n) is 12.0. The van der Waals surface area contributed by atoms with Crippen LogP contribution in [-0.4, -0.2) is 53.8 Å². The number of H-pyrrole nitrogens is 2. The summed E-state index contributed by atoms with van der Waals surface area (Å²) in [6, 6.07) is 8.82. The number of aromatic hydroxyl groups is 1. The Morgan fingerprint density at radius 1 is 1.17 bits per heavy atom. The van der Waals surface area contributed by atoms with Crippen molar-refractivity contribution in [2.24, 2.45) is 4.99 Å². The summed E-state index contributed by atoms with van der Waals surface area (Å²) in [5, 5.41) is 18.3. The number of anilines is 2. The van der Waals surface area contributed by atoms with Gasteiger partial charge in [-0.15, -0.1) is 0 Å². The Hall–Kier alpha value is -4.15. The van der Waals surface area contributed by atoms with Crippen LogP contribution in [0.2, 0.25) is 0 Å².